The molecule has 1 unspecified atom stereocenters. The number of allylic oxidation sites excluding steroid dienone is 4. The highest BCUT2D eigenvalue weighted by Gasteiger charge is 2.13. The zero-order valence-electron chi connectivity index (χ0n) is 31.1. The van der Waals surface area contributed by atoms with E-state index in [0.717, 1.165) is 25.7 Å². The number of aliphatic hydroxyl groups excluding tert-OH is 1. The summed E-state index contributed by atoms with van der Waals surface area (Å²) in [7, 11) is 0. The molecular formula is C42H80O4. The van der Waals surface area contributed by atoms with E-state index in [4.69, 9.17) is 9.47 Å². The molecule has 0 aromatic carbocycles. The van der Waals surface area contributed by atoms with Crippen LogP contribution in [0, 0.1) is 0 Å². The van der Waals surface area contributed by atoms with Crippen molar-refractivity contribution in [3.8, 4) is 0 Å². The first-order valence-electron chi connectivity index (χ1n) is 20.4. The van der Waals surface area contributed by atoms with E-state index in [-0.39, 0.29) is 12.6 Å². The van der Waals surface area contributed by atoms with Gasteiger partial charge in [-0.05, 0) is 44.9 Å². The third kappa shape index (κ3) is 37.3. The standard InChI is InChI=1S/C42H80O4/c1-3-5-7-9-11-13-14-15-16-17-18-19-20-21-22-23-24-25-26-27-28-29-31-33-35-37-42(44)46-41(39-43)40-45-38-36-34-32-30-12-10-8-6-4-2/h14-15,17-18,41,43H,3-13,16,19-40H2,1-2H3/b15-14-,18-17-. The Labute approximate surface area is 288 Å². The van der Waals surface area contributed by atoms with Crippen LogP contribution < -0.4 is 0 Å². The highest BCUT2D eigenvalue weighted by atomic mass is 16.6. The van der Waals surface area contributed by atoms with E-state index >= 15 is 0 Å². The SMILES string of the molecule is CCCCCCC/C=C\C/C=C\CCCCCCCCCCCCCCCC(=O)OC(CO)COCCCCCCCCCCC. The fourth-order valence-electron chi connectivity index (χ4n) is 5.95. The summed E-state index contributed by atoms with van der Waals surface area (Å²) in [5, 5.41) is 9.54. The molecule has 0 aliphatic heterocycles. The molecule has 0 saturated carbocycles. The topological polar surface area (TPSA) is 55.8 Å². The van der Waals surface area contributed by atoms with Gasteiger partial charge in [0, 0.05) is 13.0 Å². The second kappa shape index (κ2) is 40.0. The molecule has 0 amide bonds. The zero-order chi connectivity index (χ0) is 33.4. The van der Waals surface area contributed by atoms with Gasteiger partial charge in [-0.2, -0.15) is 0 Å². The van der Waals surface area contributed by atoms with E-state index in [1.54, 1.807) is 0 Å². The summed E-state index contributed by atoms with van der Waals surface area (Å²) < 4.78 is 11.1. The Balaban J connectivity index is 3.37. The van der Waals surface area contributed by atoms with Crippen LogP contribution in [0.5, 0.6) is 0 Å². The van der Waals surface area contributed by atoms with Crippen LogP contribution in [-0.2, 0) is 14.3 Å². The second-order valence-electron chi connectivity index (χ2n) is 13.7. The van der Waals surface area contributed by atoms with Gasteiger partial charge in [-0.1, -0.05) is 186 Å². The van der Waals surface area contributed by atoms with E-state index in [9.17, 15) is 9.90 Å². The molecule has 0 aromatic heterocycles. The maximum Gasteiger partial charge on any atom is 0.306 e. The lowest BCUT2D eigenvalue weighted by Crippen LogP contribution is -2.27. The summed E-state index contributed by atoms with van der Waals surface area (Å²) in [6.45, 7) is 5.34. The van der Waals surface area contributed by atoms with E-state index in [2.05, 4.69) is 38.2 Å². The fourth-order valence-corrected chi connectivity index (χ4v) is 5.95. The number of unbranched alkanes of at least 4 members (excludes halogenated alkanes) is 26. The number of hydrogen-bond acceptors (Lipinski definition) is 4. The summed E-state index contributed by atoms with van der Waals surface area (Å²) >= 11 is 0. The van der Waals surface area contributed by atoms with Crippen molar-refractivity contribution in [2.24, 2.45) is 0 Å². The van der Waals surface area contributed by atoms with E-state index in [1.165, 1.54) is 167 Å². The van der Waals surface area contributed by atoms with Crippen LogP contribution in [0.25, 0.3) is 0 Å². The van der Waals surface area contributed by atoms with Crippen LogP contribution in [0.1, 0.15) is 213 Å². The average molecular weight is 649 g/mol. The number of esters is 1. The lowest BCUT2D eigenvalue weighted by molar-refractivity contribution is -0.154. The summed E-state index contributed by atoms with van der Waals surface area (Å²) in [5.41, 5.74) is 0. The Bertz CT molecular complexity index is 644. The van der Waals surface area contributed by atoms with Crippen molar-refractivity contribution in [3.63, 3.8) is 0 Å². The Morgan fingerprint density at radius 2 is 0.913 bits per heavy atom. The van der Waals surface area contributed by atoms with Gasteiger partial charge in [0.25, 0.3) is 0 Å². The second-order valence-corrected chi connectivity index (χ2v) is 13.7. The molecule has 0 aliphatic rings. The maximum atomic E-state index is 12.1. The largest absolute Gasteiger partial charge is 0.457 e. The Kier molecular flexibility index (Phi) is 39.1. The first-order chi connectivity index (χ1) is 22.7. The van der Waals surface area contributed by atoms with E-state index in [1.807, 2.05) is 0 Å². The molecule has 0 radical (unpaired) electrons. The number of rotatable bonds is 38. The van der Waals surface area contributed by atoms with Gasteiger partial charge in [-0.3, -0.25) is 4.79 Å². The van der Waals surface area contributed by atoms with Crippen LogP contribution in [-0.4, -0.2) is 37.0 Å². The Hall–Kier alpha value is -1.13. The first-order valence-corrected chi connectivity index (χ1v) is 20.4. The molecular weight excluding hydrogens is 568 g/mol. The molecule has 4 heteroatoms. The summed E-state index contributed by atoms with van der Waals surface area (Å²) in [6.07, 6.45) is 48.1. The predicted octanol–water partition coefficient (Wildman–Crippen LogP) is 13.2. The molecule has 272 valence electrons. The molecule has 0 heterocycles. The lowest BCUT2D eigenvalue weighted by Gasteiger charge is -2.16. The molecule has 0 fully saturated rings. The third-order valence-corrected chi connectivity index (χ3v) is 9.03. The van der Waals surface area contributed by atoms with E-state index in [0.29, 0.717) is 19.6 Å². The molecule has 1 N–H and O–H groups in total. The molecule has 0 bridgehead atoms. The van der Waals surface area contributed by atoms with Gasteiger partial charge in [-0.25, -0.2) is 0 Å². The molecule has 0 spiro atoms. The number of aliphatic hydroxyl groups is 1. The van der Waals surface area contributed by atoms with Crippen molar-refractivity contribution in [1.82, 2.24) is 0 Å². The highest BCUT2D eigenvalue weighted by molar-refractivity contribution is 5.69. The van der Waals surface area contributed by atoms with Crippen LogP contribution in [0.4, 0.5) is 0 Å². The quantitative estimate of drug-likeness (QED) is 0.0411. The van der Waals surface area contributed by atoms with Crippen molar-refractivity contribution < 1.29 is 19.4 Å². The van der Waals surface area contributed by atoms with E-state index < -0.39 is 6.10 Å². The van der Waals surface area contributed by atoms with Gasteiger partial charge in [0.05, 0.1) is 13.2 Å². The van der Waals surface area contributed by atoms with Gasteiger partial charge in [-0.15, -0.1) is 0 Å². The average Bonchev–Trinajstić information content (AvgIpc) is 3.06. The van der Waals surface area contributed by atoms with Crippen molar-refractivity contribution in [1.29, 1.82) is 0 Å². The highest BCUT2D eigenvalue weighted by Crippen LogP contribution is 2.14. The monoisotopic (exact) mass is 649 g/mol. The Morgan fingerprint density at radius 3 is 1.35 bits per heavy atom. The van der Waals surface area contributed by atoms with Crippen molar-refractivity contribution in [3.05, 3.63) is 24.3 Å². The van der Waals surface area contributed by atoms with Crippen LogP contribution in [0.15, 0.2) is 24.3 Å². The summed E-state index contributed by atoms with van der Waals surface area (Å²) in [5.74, 6) is -0.200. The van der Waals surface area contributed by atoms with Gasteiger partial charge in [0.1, 0.15) is 6.10 Å². The van der Waals surface area contributed by atoms with Crippen LogP contribution in [0.2, 0.25) is 0 Å². The van der Waals surface area contributed by atoms with Crippen molar-refractivity contribution in [2.75, 3.05) is 19.8 Å². The summed E-state index contributed by atoms with van der Waals surface area (Å²) in [4.78, 5) is 12.1. The lowest BCUT2D eigenvalue weighted by atomic mass is 10.0. The molecule has 4 nitrogen and oxygen atoms in total. The maximum absolute atomic E-state index is 12.1. The van der Waals surface area contributed by atoms with Crippen LogP contribution in [0.3, 0.4) is 0 Å². The van der Waals surface area contributed by atoms with Gasteiger partial charge in [0.2, 0.25) is 0 Å². The third-order valence-electron chi connectivity index (χ3n) is 9.03. The van der Waals surface area contributed by atoms with Crippen molar-refractivity contribution in [2.45, 2.75) is 219 Å². The minimum Gasteiger partial charge on any atom is -0.457 e. The molecule has 0 saturated heterocycles. The minimum absolute atomic E-state index is 0.168. The van der Waals surface area contributed by atoms with Gasteiger partial charge < -0.3 is 14.6 Å². The zero-order valence-corrected chi connectivity index (χ0v) is 31.1. The number of carbonyl (C=O) groups is 1. The number of ether oxygens (including phenoxy) is 2. The number of hydrogen-bond donors (Lipinski definition) is 1. The first kappa shape index (κ1) is 44.9. The molecule has 46 heavy (non-hydrogen) atoms. The Morgan fingerprint density at radius 1 is 0.522 bits per heavy atom. The fraction of sp³-hybridized carbons (Fsp3) is 0.881. The molecule has 0 rings (SSSR count). The van der Waals surface area contributed by atoms with Crippen LogP contribution >= 0.6 is 0 Å². The molecule has 1 atom stereocenters. The van der Waals surface area contributed by atoms with Crippen molar-refractivity contribution >= 4 is 5.97 Å². The minimum atomic E-state index is -0.528. The predicted molar refractivity (Wildman–Crippen MR) is 201 cm³/mol. The molecule has 0 aliphatic carbocycles. The number of carbonyl (C=O) groups excluding carboxylic acids is 1. The van der Waals surface area contributed by atoms with Gasteiger partial charge >= 0.3 is 5.97 Å². The summed E-state index contributed by atoms with van der Waals surface area (Å²) in [6, 6.07) is 0. The smallest absolute Gasteiger partial charge is 0.306 e. The van der Waals surface area contributed by atoms with Gasteiger partial charge in [0.15, 0.2) is 0 Å². The molecule has 0 aromatic rings. The normalized spacial score (nSPS) is 12.5.